The number of carbonyl (C=O) groups is 1. The molecule has 1 amide bonds. The summed E-state index contributed by atoms with van der Waals surface area (Å²) in [5, 5.41) is 5.96. The van der Waals surface area contributed by atoms with Gasteiger partial charge in [-0.2, -0.15) is 0 Å². The standard InChI is InChI=1S/C21H30ClN3O5S/c1-2-24-20(26)13-16-15-31-21(25-16)18-4-3-17(14-19(18)22)30-12-11-29-10-9-28-8-7-27-6-5-23/h3-4,14-15H,2,5-13,23H2,1H3,(H,24,26). The number of aromatic nitrogens is 1. The van der Waals surface area contributed by atoms with Crippen molar-refractivity contribution in [2.24, 2.45) is 5.73 Å². The van der Waals surface area contributed by atoms with Crippen LogP contribution in [0.5, 0.6) is 5.75 Å². The Bertz CT molecular complexity index is 790. The van der Waals surface area contributed by atoms with Gasteiger partial charge in [0, 0.05) is 24.0 Å². The maximum Gasteiger partial charge on any atom is 0.226 e. The Morgan fingerprint density at radius 3 is 2.42 bits per heavy atom. The molecule has 0 aliphatic rings. The van der Waals surface area contributed by atoms with Crippen LogP contribution in [0.15, 0.2) is 23.6 Å². The van der Waals surface area contributed by atoms with E-state index in [0.717, 1.165) is 16.3 Å². The maximum atomic E-state index is 11.7. The minimum atomic E-state index is -0.0421. The zero-order valence-electron chi connectivity index (χ0n) is 17.7. The van der Waals surface area contributed by atoms with E-state index in [4.69, 9.17) is 36.3 Å². The topological polar surface area (TPSA) is 105 Å². The fourth-order valence-corrected chi connectivity index (χ4v) is 3.71. The lowest BCUT2D eigenvalue weighted by molar-refractivity contribution is -0.120. The van der Waals surface area contributed by atoms with Crippen molar-refractivity contribution in [3.05, 3.63) is 34.3 Å². The quantitative estimate of drug-likeness (QED) is 0.362. The first kappa shape index (κ1) is 25.5. The first-order chi connectivity index (χ1) is 15.1. The van der Waals surface area contributed by atoms with Crippen molar-refractivity contribution in [1.82, 2.24) is 10.3 Å². The molecular formula is C21H30ClN3O5S. The van der Waals surface area contributed by atoms with Gasteiger partial charge in [0.15, 0.2) is 0 Å². The summed E-state index contributed by atoms with van der Waals surface area (Å²) in [6, 6.07) is 5.47. The lowest BCUT2D eigenvalue weighted by atomic mass is 10.2. The summed E-state index contributed by atoms with van der Waals surface area (Å²) < 4.78 is 21.7. The van der Waals surface area contributed by atoms with Gasteiger partial charge in [-0.1, -0.05) is 11.6 Å². The molecule has 1 aromatic heterocycles. The molecule has 0 unspecified atom stereocenters. The molecule has 0 aliphatic heterocycles. The zero-order valence-corrected chi connectivity index (χ0v) is 19.3. The number of halogens is 1. The Hall–Kier alpha value is -1.75. The molecule has 8 nitrogen and oxygen atoms in total. The zero-order chi connectivity index (χ0) is 22.3. The van der Waals surface area contributed by atoms with E-state index in [1.807, 2.05) is 24.4 Å². The Labute approximate surface area is 192 Å². The van der Waals surface area contributed by atoms with Gasteiger partial charge in [0.2, 0.25) is 5.91 Å². The highest BCUT2D eigenvalue weighted by Gasteiger charge is 2.12. The summed E-state index contributed by atoms with van der Waals surface area (Å²) in [6.07, 6.45) is 0.260. The molecule has 2 aromatic rings. The van der Waals surface area contributed by atoms with E-state index in [0.29, 0.717) is 70.1 Å². The van der Waals surface area contributed by atoms with Gasteiger partial charge in [-0.15, -0.1) is 11.3 Å². The number of ether oxygens (including phenoxy) is 4. The van der Waals surface area contributed by atoms with Crippen molar-refractivity contribution in [3.63, 3.8) is 0 Å². The van der Waals surface area contributed by atoms with Crippen LogP contribution in [0.2, 0.25) is 5.02 Å². The number of hydrogen-bond donors (Lipinski definition) is 2. The molecule has 0 aliphatic carbocycles. The number of amides is 1. The number of rotatable bonds is 16. The van der Waals surface area contributed by atoms with Crippen LogP contribution in [-0.2, 0) is 25.4 Å². The van der Waals surface area contributed by atoms with Crippen molar-refractivity contribution in [2.75, 3.05) is 59.3 Å². The van der Waals surface area contributed by atoms with Crippen LogP contribution in [0.25, 0.3) is 10.6 Å². The van der Waals surface area contributed by atoms with Gasteiger partial charge >= 0.3 is 0 Å². The molecular weight excluding hydrogens is 442 g/mol. The van der Waals surface area contributed by atoms with Crippen molar-refractivity contribution in [2.45, 2.75) is 13.3 Å². The minimum absolute atomic E-state index is 0.0421. The smallest absolute Gasteiger partial charge is 0.226 e. The minimum Gasteiger partial charge on any atom is -0.491 e. The number of nitrogens with zero attached hydrogens (tertiary/aromatic N) is 1. The van der Waals surface area contributed by atoms with Crippen LogP contribution >= 0.6 is 22.9 Å². The molecule has 0 bridgehead atoms. The molecule has 0 saturated carbocycles. The summed E-state index contributed by atoms with van der Waals surface area (Å²) in [4.78, 5) is 16.2. The van der Waals surface area contributed by atoms with Crippen LogP contribution in [0.1, 0.15) is 12.6 Å². The molecule has 172 valence electrons. The van der Waals surface area contributed by atoms with Gasteiger partial charge in [-0.3, -0.25) is 4.79 Å². The highest BCUT2D eigenvalue weighted by molar-refractivity contribution is 7.13. The van der Waals surface area contributed by atoms with Gasteiger partial charge in [-0.05, 0) is 25.1 Å². The molecule has 0 atom stereocenters. The van der Waals surface area contributed by atoms with E-state index >= 15 is 0 Å². The largest absolute Gasteiger partial charge is 0.491 e. The second-order valence-electron chi connectivity index (χ2n) is 6.39. The van der Waals surface area contributed by atoms with Crippen LogP contribution in [-0.4, -0.2) is 70.2 Å². The lowest BCUT2D eigenvalue weighted by Crippen LogP contribution is -2.24. The fourth-order valence-electron chi connectivity index (χ4n) is 2.54. The number of carbonyl (C=O) groups excluding carboxylic acids is 1. The summed E-state index contributed by atoms with van der Waals surface area (Å²) in [5.41, 5.74) is 6.86. The molecule has 3 N–H and O–H groups in total. The normalized spacial score (nSPS) is 10.9. The van der Waals surface area contributed by atoms with Crippen LogP contribution in [0, 0.1) is 0 Å². The molecule has 2 rings (SSSR count). The van der Waals surface area contributed by atoms with E-state index in [1.165, 1.54) is 11.3 Å². The van der Waals surface area contributed by atoms with E-state index in [9.17, 15) is 4.79 Å². The van der Waals surface area contributed by atoms with Crippen LogP contribution in [0.3, 0.4) is 0 Å². The second kappa shape index (κ2) is 15.1. The van der Waals surface area contributed by atoms with E-state index in [-0.39, 0.29) is 12.3 Å². The monoisotopic (exact) mass is 471 g/mol. The maximum absolute atomic E-state index is 11.7. The number of nitrogens with one attached hydrogen (secondary N) is 1. The molecule has 0 radical (unpaired) electrons. The molecule has 31 heavy (non-hydrogen) atoms. The van der Waals surface area contributed by atoms with E-state index < -0.39 is 0 Å². The summed E-state index contributed by atoms with van der Waals surface area (Å²) in [6.45, 7) is 6.46. The fraction of sp³-hybridized carbons (Fsp3) is 0.524. The van der Waals surface area contributed by atoms with Gasteiger partial charge in [-0.25, -0.2) is 4.98 Å². The Morgan fingerprint density at radius 1 is 1.10 bits per heavy atom. The van der Waals surface area contributed by atoms with E-state index in [2.05, 4.69) is 10.3 Å². The van der Waals surface area contributed by atoms with Crippen LogP contribution < -0.4 is 15.8 Å². The third-order valence-electron chi connectivity index (χ3n) is 3.94. The highest BCUT2D eigenvalue weighted by Crippen LogP contribution is 2.33. The molecule has 0 spiro atoms. The van der Waals surface area contributed by atoms with Gasteiger partial charge in [0.05, 0.1) is 56.8 Å². The molecule has 0 fully saturated rings. The number of thiazole rings is 1. The van der Waals surface area contributed by atoms with Gasteiger partial charge < -0.3 is 30.0 Å². The first-order valence-corrected chi connectivity index (χ1v) is 11.5. The predicted molar refractivity (Wildman–Crippen MR) is 122 cm³/mol. The predicted octanol–water partition coefficient (Wildman–Crippen LogP) is 2.53. The summed E-state index contributed by atoms with van der Waals surface area (Å²) in [7, 11) is 0. The van der Waals surface area contributed by atoms with Gasteiger partial charge in [0.1, 0.15) is 17.4 Å². The molecule has 1 heterocycles. The average molecular weight is 472 g/mol. The van der Waals surface area contributed by atoms with E-state index in [1.54, 1.807) is 6.07 Å². The SMILES string of the molecule is CCNC(=O)Cc1csc(-c2ccc(OCCOCCOCCOCCN)cc2Cl)n1. The molecule has 0 saturated heterocycles. The van der Waals surface area contributed by atoms with Gasteiger partial charge in [0.25, 0.3) is 0 Å². The number of nitrogens with two attached hydrogens (primary N) is 1. The highest BCUT2D eigenvalue weighted by atomic mass is 35.5. The first-order valence-electron chi connectivity index (χ1n) is 10.2. The number of benzene rings is 1. The Kier molecular flexibility index (Phi) is 12.4. The van der Waals surface area contributed by atoms with Crippen molar-refractivity contribution in [3.8, 4) is 16.3 Å². The third kappa shape index (κ3) is 9.94. The van der Waals surface area contributed by atoms with Crippen molar-refractivity contribution in [1.29, 1.82) is 0 Å². The van der Waals surface area contributed by atoms with Crippen molar-refractivity contribution < 1.29 is 23.7 Å². The van der Waals surface area contributed by atoms with Crippen LogP contribution in [0.4, 0.5) is 0 Å². The lowest BCUT2D eigenvalue weighted by Gasteiger charge is -2.09. The average Bonchev–Trinajstić information content (AvgIpc) is 3.20. The number of hydrogen-bond acceptors (Lipinski definition) is 8. The third-order valence-corrected chi connectivity index (χ3v) is 5.18. The Balaban J connectivity index is 1.67. The molecule has 10 heteroatoms. The Morgan fingerprint density at radius 2 is 1.77 bits per heavy atom. The summed E-state index contributed by atoms with van der Waals surface area (Å²) >= 11 is 7.87. The summed E-state index contributed by atoms with van der Waals surface area (Å²) in [5.74, 6) is 0.615. The molecule has 1 aromatic carbocycles. The van der Waals surface area contributed by atoms with Crippen molar-refractivity contribution >= 4 is 28.8 Å². The number of likely N-dealkylation sites (N-methyl/N-ethyl adjacent to an activating group) is 1. The second-order valence-corrected chi connectivity index (χ2v) is 7.66.